The van der Waals surface area contributed by atoms with E-state index in [-0.39, 0.29) is 11.4 Å². The summed E-state index contributed by atoms with van der Waals surface area (Å²) in [5.74, 6) is 3.29. The van der Waals surface area contributed by atoms with Crippen LogP contribution in [0.3, 0.4) is 0 Å². The molecule has 0 amide bonds. The Morgan fingerprint density at radius 2 is 2.15 bits per heavy atom. The Morgan fingerprint density at radius 3 is 2.89 bits per heavy atom. The highest BCUT2D eigenvalue weighted by molar-refractivity contribution is 7.99. The Morgan fingerprint density at radius 1 is 1.33 bits per heavy atom. The number of hydrogen-bond donors (Lipinski definition) is 0. The van der Waals surface area contributed by atoms with E-state index in [2.05, 4.69) is 26.9 Å². The highest BCUT2D eigenvalue weighted by atomic mass is 32.2. The lowest BCUT2D eigenvalue weighted by Gasteiger charge is -2.26. The molecule has 0 saturated carbocycles. The van der Waals surface area contributed by atoms with Gasteiger partial charge in [0.05, 0.1) is 5.25 Å². The lowest BCUT2D eigenvalue weighted by Crippen LogP contribution is -2.25. The minimum absolute atomic E-state index is 0.0592. The number of allylic oxidation sites excluding steroid dienone is 1. The third-order valence-corrected chi connectivity index (χ3v) is 5.09. The molecule has 27 heavy (non-hydrogen) atoms. The summed E-state index contributed by atoms with van der Waals surface area (Å²) in [4.78, 5) is 4.28. The number of ether oxygens (including phenoxy) is 2. The van der Waals surface area contributed by atoms with Crippen LogP contribution in [-0.4, -0.2) is 31.5 Å². The summed E-state index contributed by atoms with van der Waals surface area (Å²) in [5.41, 5.74) is 0. The molecule has 1 aromatic carbocycles. The van der Waals surface area contributed by atoms with Gasteiger partial charge >= 0.3 is 0 Å². The average molecular weight is 385 g/mol. The number of rotatable bonds is 6. The molecule has 2 unspecified atom stereocenters. The molecule has 1 aliphatic rings. The van der Waals surface area contributed by atoms with Crippen molar-refractivity contribution in [1.82, 2.24) is 24.9 Å². The van der Waals surface area contributed by atoms with Crippen LogP contribution < -0.4 is 9.47 Å². The fraction of sp³-hybridized carbons (Fsp3) is 0.333. The number of thioether (sulfide) groups is 1. The Bertz CT molecular complexity index is 954. The standard InChI is InChI=1S/C18H19N5O3S/c1-4-9-23-16(15-10-24-13-7-5-6-8-14(13)25-15)20-21-18(23)27-11(2)17-19-12(3)22-26-17/h4-8,11,15H,1,9-10H2,2-3H3. The van der Waals surface area contributed by atoms with Gasteiger partial charge in [0.2, 0.25) is 5.89 Å². The van der Waals surface area contributed by atoms with E-state index in [4.69, 9.17) is 14.0 Å². The van der Waals surface area contributed by atoms with Crippen molar-refractivity contribution >= 4 is 11.8 Å². The maximum absolute atomic E-state index is 6.08. The second-order valence-electron chi connectivity index (χ2n) is 6.04. The molecule has 0 saturated heterocycles. The van der Waals surface area contributed by atoms with Crippen LogP contribution in [0.5, 0.6) is 11.5 Å². The largest absolute Gasteiger partial charge is 0.485 e. The minimum atomic E-state index is -0.345. The Labute approximate surface area is 160 Å². The maximum atomic E-state index is 6.08. The summed E-state index contributed by atoms with van der Waals surface area (Å²) in [5, 5.41) is 13.2. The Balaban J connectivity index is 1.58. The van der Waals surface area contributed by atoms with E-state index in [0.717, 1.165) is 10.9 Å². The number of nitrogens with zero attached hydrogens (tertiary/aromatic N) is 5. The molecule has 8 nitrogen and oxygen atoms in total. The van der Waals surface area contributed by atoms with Gasteiger partial charge in [0.1, 0.15) is 6.61 Å². The van der Waals surface area contributed by atoms with Gasteiger partial charge in [0, 0.05) is 6.54 Å². The number of fused-ring (bicyclic) bond motifs is 1. The van der Waals surface area contributed by atoms with E-state index in [1.54, 1.807) is 13.0 Å². The summed E-state index contributed by atoms with van der Waals surface area (Å²) < 4.78 is 19.1. The fourth-order valence-corrected chi connectivity index (χ4v) is 3.66. The quantitative estimate of drug-likeness (QED) is 0.470. The third-order valence-electron chi connectivity index (χ3n) is 4.03. The highest BCUT2D eigenvalue weighted by Crippen LogP contribution is 2.38. The molecular formula is C18H19N5O3S. The van der Waals surface area contributed by atoms with E-state index in [9.17, 15) is 0 Å². The van der Waals surface area contributed by atoms with Crippen molar-refractivity contribution in [2.75, 3.05) is 6.61 Å². The number of hydrogen-bond acceptors (Lipinski definition) is 8. The summed E-state index contributed by atoms with van der Waals surface area (Å²) in [7, 11) is 0. The molecule has 2 aromatic heterocycles. The average Bonchev–Trinajstić information content (AvgIpc) is 3.28. The van der Waals surface area contributed by atoms with Crippen LogP contribution in [-0.2, 0) is 6.54 Å². The lowest BCUT2D eigenvalue weighted by atomic mass is 10.2. The van der Waals surface area contributed by atoms with Crippen LogP contribution in [0.15, 0.2) is 46.6 Å². The monoisotopic (exact) mass is 385 g/mol. The van der Waals surface area contributed by atoms with Crippen molar-refractivity contribution in [3.8, 4) is 11.5 Å². The van der Waals surface area contributed by atoms with Gasteiger partial charge in [-0.3, -0.25) is 4.57 Å². The highest BCUT2D eigenvalue weighted by Gasteiger charge is 2.29. The van der Waals surface area contributed by atoms with Gasteiger partial charge in [-0.05, 0) is 26.0 Å². The molecule has 2 atom stereocenters. The van der Waals surface area contributed by atoms with Gasteiger partial charge in [-0.25, -0.2) is 0 Å². The normalized spacial score (nSPS) is 16.9. The van der Waals surface area contributed by atoms with Gasteiger partial charge in [-0.1, -0.05) is 35.1 Å². The van der Waals surface area contributed by atoms with Gasteiger partial charge in [-0.15, -0.1) is 16.8 Å². The maximum Gasteiger partial charge on any atom is 0.239 e. The smallest absolute Gasteiger partial charge is 0.239 e. The summed E-state index contributed by atoms with van der Waals surface area (Å²) in [6.45, 7) is 8.55. The van der Waals surface area contributed by atoms with E-state index in [1.165, 1.54) is 11.8 Å². The third kappa shape index (κ3) is 3.55. The van der Waals surface area contributed by atoms with E-state index < -0.39 is 0 Å². The van der Waals surface area contributed by atoms with Gasteiger partial charge < -0.3 is 14.0 Å². The van der Waals surface area contributed by atoms with Crippen molar-refractivity contribution in [2.45, 2.75) is 36.9 Å². The van der Waals surface area contributed by atoms with Crippen LogP contribution in [0.1, 0.15) is 35.8 Å². The molecule has 0 fully saturated rings. The van der Waals surface area contributed by atoms with Crippen molar-refractivity contribution in [3.63, 3.8) is 0 Å². The molecule has 1 aliphatic heterocycles. The summed E-state index contributed by atoms with van der Waals surface area (Å²) in [6.07, 6.45) is 1.46. The molecule has 0 radical (unpaired) electrons. The topological polar surface area (TPSA) is 88.1 Å². The minimum Gasteiger partial charge on any atom is -0.485 e. The zero-order chi connectivity index (χ0) is 18.8. The molecule has 3 heterocycles. The molecule has 4 rings (SSSR count). The van der Waals surface area contributed by atoms with E-state index in [0.29, 0.717) is 36.4 Å². The van der Waals surface area contributed by atoms with Gasteiger partial charge in [0.25, 0.3) is 0 Å². The van der Waals surface area contributed by atoms with Crippen LogP contribution in [0.4, 0.5) is 0 Å². The zero-order valence-corrected chi connectivity index (χ0v) is 15.8. The summed E-state index contributed by atoms with van der Waals surface area (Å²) >= 11 is 1.50. The molecule has 0 N–H and O–H groups in total. The number of benzene rings is 1. The number of aryl methyl sites for hydroxylation is 1. The SMILES string of the molecule is C=CCn1c(SC(C)c2nc(C)no2)nnc1C1COc2ccccc2O1. The molecule has 0 bridgehead atoms. The first-order valence-corrected chi connectivity index (χ1v) is 9.43. The fourth-order valence-electron chi connectivity index (χ4n) is 2.76. The van der Waals surface area contributed by atoms with Crippen molar-refractivity contribution in [2.24, 2.45) is 0 Å². The molecule has 3 aromatic rings. The predicted octanol–water partition coefficient (Wildman–Crippen LogP) is 3.52. The molecule has 9 heteroatoms. The molecular weight excluding hydrogens is 366 g/mol. The Hall–Kier alpha value is -2.81. The van der Waals surface area contributed by atoms with Crippen molar-refractivity contribution in [3.05, 3.63) is 54.5 Å². The molecule has 140 valence electrons. The lowest BCUT2D eigenvalue weighted by molar-refractivity contribution is 0.0821. The first-order chi connectivity index (χ1) is 13.2. The second-order valence-corrected chi connectivity index (χ2v) is 7.35. The van der Waals surface area contributed by atoms with Crippen LogP contribution in [0.25, 0.3) is 0 Å². The van der Waals surface area contributed by atoms with Gasteiger partial charge in [0.15, 0.2) is 34.4 Å². The van der Waals surface area contributed by atoms with E-state index >= 15 is 0 Å². The first-order valence-electron chi connectivity index (χ1n) is 8.55. The molecule has 0 spiro atoms. The van der Waals surface area contributed by atoms with Crippen molar-refractivity contribution in [1.29, 1.82) is 0 Å². The zero-order valence-electron chi connectivity index (χ0n) is 15.0. The first kappa shape index (κ1) is 17.6. The van der Waals surface area contributed by atoms with Crippen LogP contribution in [0, 0.1) is 6.92 Å². The number of para-hydroxylation sites is 2. The van der Waals surface area contributed by atoms with Crippen molar-refractivity contribution < 1.29 is 14.0 Å². The second kappa shape index (κ2) is 7.43. The Kier molecular flexibility index (Phi) is 4.85. The molecule has 0 aliphatic carbocycles. The number of aromatic nitrogens is 5. The van der Waals surface area contributed by atoms with Crippen LogP contribution in [0.2, 0.25) is 0 Å². The predicted molar refractivity (Wildman–Crippen MR) is 98.8 cm³/mol. The van der Waals surface area contributed by atoms with Gasteiger partial charge in [-0.2, -0.15) is 4.98 Å². The van der Waals surface area contributed by atoms with Crippen LogP contribution >= 0.6 is 11.8 Å². The van der Waals surface area contributed by atoms with E-state index in [1.807, 2.05) is 35.8 Å². The summed E-state index contributed by atoms with van der Waals surface area (Å²) in [6, 6.07) is 7.59.